The molecule has 0 radical (unpaired) electrons. The minimum absolute atomic E-state index is 0.170. The summed E-state index contributed by atoms with van der Waals surface area (Å²) in [5, 5.41) is 0. The van der Waals surface area contributed by atoms with Crippen LogP contribution in [-0.2, 0) is 4.79 Å². The number of likely N-dealkylation sites (N-methyl/N-ethyl adjacent to an activating group) is 1. The molecule has 1 heterocycles. The Morgan fingerprint density at radius 1 is 1.32 bits per heavy atom. The van der Waals surface area contributed by atoms with E-state index in [1.54, 1.807) is 7.11 Å². The molecule has 0 saturated heterocycles. The number of nitrogens with zero attached hydrogens (tertiary/aromatic N) is 1. The van der Waals surface area contributed by atoms with Crippen molar-refractivity contribution in [3.8, 4) is 5.75 Å². The first-order valence-electron chi connectivity index (χ1n) is 8.19. The van der Waals surface area contributed by atoms with Crippen molar-refractivity contribution in [3.63, 3.8) is 0 Å². The van der Waals surface area contributed by atoms with Gasteiger partial charge in [-0.2, -0.15) is 0 Å². The number of carbonyl (C=O) groups is 1. The highest BCUT2D eigenvalue weighted by atomic mass is 16.5. The van der Waals surface area contributed by atoms with E-state index in [1.807, 2.05) is 0 Å². The van der Waals surface area contributed by atoms with Crippen LogP contribution < -0.4 is 9.64 Å². The Kier molecular flexibility index (Phi) is 2.91. The van der Waals surface area contributed by atoms with Gasteiger partial charge in [0.15, 0.2) is 0 Å². The van der Waals surface area contributed by atoms with E-state index in [0.29, 0.717) is 11.7 Å². The third-order valence-corrected chi connectivity index (χ3v) is 6.06. The molecule has 0 unspecified atom stereocenters. The van der Waals surface area contributed by atoms with Crippen molar-refractivity contribution in [1.82, 2.24) is 0 Å². The lowest BCUT2D eigenvalue weighted by atomic mass is 9.66. The van der Waals surface area contributed by atoms with E-state index in [1.165, 1.54) is 22.4 Å². The molecule has 3 nitrogen and oxygen atoms in total. The van der Waals surface area contributed by atoms with Crippen molar-refractivity contribution < 1.29 is 9.53 Å². The van der Waals surface area contributed by atoms with Gasteiger partial charge in [-0.15, -0.1) is 0 Å². The quantitative estimate of drug-likeness (QED) is 0.740. The molecule has 2 aliphatic carbocycles. The van der Waals surface area contributed by atoms with Gasteiger partial charge < -0.3 is 9.64 Å². The number of rotatable bonds is 1. The van der Waals surface area contributed by atoms with Crippen molar-refractivity contribution in [1.29, 1.82) is 0 Å². The molecule has 1 aromatic rings. The van der Waals surface area contributed by atoms with Crippen LogP contribution in [0, 0.1) is 5.41 Å². The number of benzene rings is 1. The van der Waals surface area contributed by atoms with Crippen LogP contribution in [0.15, 0.2) is 29.3 Å². The van der Waals surface area contributed by atoms with Gasteiger partial charge in [-0.25, -0.2) is 0 Å². The summed E-state index contributed by atoms with van der Waals surface area (Å²) in [5.74, 6) is 1.86. The van der Waals surface area contributed by atoms with Gasteiger partial charge in [0.2, 0.25) is 0 Å². The molecule has 22 heavy (non-hydrogen) atoms. The highest BCUT2D eigenvalue weighted by Gasteiger charge is 2.48. The van der Waals surface area contributed by atoms with Crippen LogP contribution in [0.25, 0.3) is 0 Å². The lowest BCUT2D eigenvalue weighted by Crippen LogP contribution is -2.37. The monoisotopic (exact) mass is 297 g/mol. The fourth-order valence-corrected chi connectivity index (χ4v) is 4.75. The second-order valence-corrected chi connectivity index (χ2v) is 7.13. The lowest BCUT2D eigenvalue weighted by molar-refractivity contribution is -0.124. The summed E-state index contributed by atoms with van der Waals surface area (Å²) >= 11 is 0. The SMILES string of the molecule is COc1ccc2c(c1)N(C)CC1=C3CCC(=O)[C@@]3(C)CC[C@@H]12. The van der Waals surface area contributed by atoms with Gasteiger partial charge in [-0.3, -0.25) is 4.79 Å². The summed E-state index contributed by atoms with van der Waals surface area (Å²) in [6.07, 6.45) is 3.81. The molecular formula is C19H23NO2. The molecule has 3 heteroatoms. The van der Waals surface area contributed by atoms with E-state index >= 15 is 0 Å². The van der Waals surface area contributed by atoms with Gasteiger partial charge in [-0.1, -0.05) is 11.6 Å². The van der Waals surface area contributed by atoms with Crippen LogP contribution in [-0.4, -0.2) is 26.5 Å². The van der Waals surface area contributed by atoms with E-state index in [-0.39, 0.29) is 5.41 Å². The molecule has 0 spiro atoms. The molecule has 3 aliphatic rings. The first-order valence-corrected chi connectivity index (χ1v) is 8.19. The van der Waals surface area contributed by atoms with Crippen LogP contribution in [0.2, 0.25) is 0 Å². The minimum Gasteiger partial charge on any atom is -0.497 e. The van der Waals surface area contributed by atoms with Crippen molar-refractivity contribution in [2.75, 3.05) is 25.6 Å². The Balaban J connectivity index is 1.86. The van der Waals surface area contributed by atoms with Crippen LogP contribution in [0.3, 0.4) is 0 Å². The molecule has 1 aliphatic heterocycles. The standard InChI is InChI=1S/C19H23NO2/c1-19-9-8-13-14-5-4-12(22-3)10-17(14)20(2)11-15(13)16(19)6-7-18(19)21/h4-5,10,13H,6-9,11H2,1-3H3/t13-,19+/m1/s1. The first-order chi connectivity index (χ1) is 10.5. The minimum atomic E-state index is -0.170. The van der Waals surface area contributed by atoms with Crippen LogP contribution in [0.1, 0.15) is 44.1 Å². The summed E-state index contributed by atoms with van der Waals surface area (Å²) in [7, 11) is 3.86. The Labute approximate surface area is 132 Å². The highest BCUT2D eigenvalue weighted by Crippen LogP contribution is 2.56. The summed E-state index contributed by atoms with van der Waals surface area (Å²) in [6, 6.07) is 6.42. The molecule has 116 valence electrons. The maximum Gasteiger partial charge on any atom is 0.143 e. The normalized spacial score (nSPS) is 30.0. The van der Waals surface area contributed by atoms with Crippen LogP contribution in [0.5, 0.6) is 5.75 Å². The molecule has 4 rings (SSSR count). The zero-order valence-corrected chi connectivity index (χ0v) is 13.6. The number of hydrogen-bond donors (Lipinski definition) is 0. The average molecular weight is 297 g/mol. The number of ether oxygens (including phenoxy) is 1. The van der Waals surface area contributed by atoms with E-state index in [4.69, 9.17) is 4.74 Å². The van der Waals surface area contributed by atoms with E-state index in [2.05, 4.69) is 37.1 Å². The Morgan fingerprint density at radius 3 is 2.91 bits per heavy atom. The second kappa shape index (κ2) is 4.61. The maximum absolute atomic E-state index is 12.4. The number of carbonyl (C=O) groups excluding carboxylic acids is 1. The third-order valence-electron chi connectivity index (χ3n) is 6.06. The van der Waals surface area contributed by atoms with Gasteiger partial charge in [0.25, 0.3) is 0 Å². The molecule has 1 fully saturated rings. The highest BCUT2D eigenvalue weighted by molar-refractivity contribution is 5.91. The van der Waals surface area contributed by atoms with E-state index in [9.17, 15) is 4.79 Å². The second-order valence-electron chi connectivity index (χ2n) is 7.13. The van der Waals surface area contributed by atoms with E-state index < -0.39 is 0 Å². The summed E-state index contributed by atoms with van der Waals surface area (Å²) in [4.78, 5) is 14.7. The van der Waals surface area contributed by atoms with Gasteiger partial charge in [0.1, 0.15) is 11.5 Å². The van der Waals surface area contributed by atoms with Gasteiger partial charge >= 0.3 is 0 Å². The molecule has 0 amide bonds. The van der Waals surface area contributed by atoms with Gasteiger partial charge in [0.05, 0.1) is 7.11 Å². The molecule has 0 bridgehead atoms. The number of Topliss-reactive ketones (excluding diaryl/α,β-unsaturated/α-hetero) is 1. The number of allylic oxidation sites excluding steroid dienone is 1. The molecular weight excluding hydrogens is 274 g/mol. The lowest BCUT2D eigenvalue weighted by Gasteiger charge is -2.43. The summed E-state index contributed by atoms with van der Waals surface area (Å²) in [5.41, 5.74) is 5.47. The Bertz CT molecular complexity index is 691. The van der Waals surface area contributed by atoms with Crippen molar-refractivity contribution in [3.05, 3.63) is 34.9 Å². The Morgan fingerprint density at radius 2 is 2.14 bits per heavy atom. The number of ketones is 1. The van der Waals surface area contributed by atoms with Crippen molar-refractivity contribution in [2.24, 2.45) is 5.41 Å². The molecule has 1 aromatic carbocycles. The number of fused-ring (bicyclic) bond motifs is 4. The van der Waals surface area contributed by atoms with Crippen molar-refractivity contribution in [2.45, 2.75) is 38.5 Å². The third kappa shape index (κ3) is 1.71. The first kappa shape index (κ1) is 13.9. The fraction of sp³-hybridized carbons (Fsp3) is 0.526. The number of hydrogen-bond acceptors (Lipinski definition) is 3. The summed E-state index contributed by atoms with van der Waals surface area (Å²) in [6.45, 7) is 3.12. The van der Waals surface area contributed by atoms with E-state index in [0.717, 1.165) is 38.0 Å². The zero-order valence-electron chi connectivity index (χ0n) is 13.6. The van der Waals surface area contributed by atoms with Crippen molar-refractivity contribution >= 4 is 11.5 Å². The van der Waals surface area contributed by atoms with Crippen LogP contribution >= 0.6 is 0 Å². The summed E-state index contributed by atoms with van der Waals surface area (Å²) < 4.78 is 5.38. The number of anilines is 1. The predicted molar refractivity (Wildman–Crippen MR) is 87.6 cm³/mol. The zero-order chi connectivity index (χ0) is 15.5. The van der Waals surface area contributed by atoms with Crippen LogP contribution in [0.4, 0.5) is 5.69 Å². The predicted octanol–water partition coefficient (Wildman–Crippen LogP) is 3.69. The van der Waals surface area contributed by atoms with Gasteiger partial charge in [-0.05, 0) is 43.4 Å². The average Bonchev–Trinajstić information content (AvgIpc) is 2.83. The topological polar surface area (TPSA) is 29.5 Å². The molecule has 2 atom stereocenters. The molecule has 0 N–H and O–H groups in total. The maximum atomic E-state index is 12.4. The fourth-order valence-electron chi connectivity index (χ4n) is 4.75. The molecule has 1 saturated carbocycles. The number of methoxy groups -OCH3 is 1. The molecule has 0 aromatic heterocycles. The smallest absolute Gasteiger partial charge is 0.143 e. The van der Waals surface area contributed by atoms with Gasteiger partial charge in [0, 0.05) is 43.1 Å². The largest absolute Gasteiger partial charge is 0.497 e. The Hall–Kier alpha value is -1.77.